The summed E-state index contributed by atoms with van der Waals surface area (Å²) in [5.41, 5.74) is 7.84. The number of ether oxygens (including phenoxy) is 2. The molecule has 0 fully saturated rings. The maximum absolute atomic E-state index is 11.9. The number of nitrogen functional groups attached to an aromatic ring is 1. The number of benzene rings is 3. The molecule has 0 aliphatic heterocycles. The normalized spacial score (nSPS) is 10.5. The van der Waals surface area contributed by atoms with Crippen molar-refractivity contribution in [1.82, 2.24) is 0 Å². The Kier molecular flexibility index (Phi) is 4.44. The van der Waals surface area contributed by atoms with E-state index in [1.54, 1.807) is 13.0 Å². The molecule has 2 N–H and O–H groups in total. The second kappa shape index (κ2) is 6.69. The summed E-state index contributed by atoms with van der Waals surface area (Å²) in [6, 6.07) is 16.9. The molecule has 0 atom stereocenters. The fraction of sp³-hybridized carbons (Fsp3) is 0.0952. The van der Waals surface area contributed by atoms with Crippen LogP contribution in [0.2, 0.25) is 0 Å². The van der Waals surface area contributed by atoms with Gasteiger partial charge in [-0.2, -0.15) is 0 Å². The first-order valence-electron chi connectivity index (χ1n) is 7.89. The summed E-state index contributed by atoms with van der Waals surface area (Å²) >= 11 is 0. The predicted molar refractivity (Wildman–Crippen MR) is 100 cm³/mol. The number of aryl methyl sites for hydroxylation is 1. The minimum absolute atomic E-state index is 0.310. The quantitative estimate of drug-likeness (QED) is 0.316. The van der Waals surface area contributed by atoms with Crippen LogP contribution in [0.5, 0.6) is 17.2 Å². The van der Waals surface area contributed by atoms with Gasteiger partial charge in [-0.25, -0.2) is 4.79 Å². The van der Waals surface area contributed by atoms with Crippen molar-refractivity contribution >= 4 is 22.4 Å². The number of para-hydroxylation sites is 1. The number of fused-ring (bicyclic) bond motifs is 1. The number of carbonyl (C=O) groups is 1. The van der Waals surface area contributed by atoms with Gasteiger partial charge in [0, 0.05) is 22.4 Å². The molecule has 0 saturated carbocycles. The Bertz CT molecular complexity index is 962. The Hall–Kier alpha value is -3.27. The maximum Gasteiger partial charge on any atom is 0.338 e. The van der Waals surface area contributed by atoms with Gasteiger partial charge in [0.05, 0.1) is 5.69 Å². The molecule has 0 spiro atoms. The summed E-state index contributed by atoms with van der Waals surface area (Å²) in [7, 11) is 0. The van der Waals surface area contributed by atoms with Gasteiger partial charge >= 0.3 is 5.97 Å². The molecule has 0 amide bonds. The minimum Gasteiger partial charge on any atom is -0.457 e. The fourth-order valence-electron chi connectivity index (χ4n) is 2.49. The molecule has 3 aromatic rings. The molecule has 3 aromatic carbocycles. The Morgan fingerprint density at radius 1 is 1.04 bits per heavy atom. The summed E-state index contributed by atoms with van der Waals surface area (Å²) in [5, 5.41) is 1.54. The Morgan fingerprint density at radius 2 is 1.76 bits per heavy atom. The second-order valence-corrected chi connectivity index (χ2v) is 5.93. The van der Waals surface area contributed by atoms with Gasteiger partial charge in [-0.15, -0.1) is 0 Å². The molecule has 3 rings (SSSR count). The van der Waals surface area contributed by atoms with Crippen molar-refractivity contribution in [3.63, 3.8) is 0 Å². The highest BCUT2D eigenvalue weighted by Crippen LogP contribution is 2.41. The van der Waals surface area contributed by atoms with Gasteiger partial charge in [0.2, 0.25) is 0 Å². The van der Waals surface area contributed by atoms with E-state index in [-0.39, 0.29) is 0 Å². The van der Waals surface area contributed by atoms with E-state index in [0.29, 0.717) is 33.9 Å². The SMILES string of the molecule is C=C(C)C(=O)Oc1c(N)cc(Oc2ccccc2)c2cc(C)ccc12. The number of anilines is 1. The summed E-state index contributed by atoms with van der Waals surface area (Å²) in [4.78, 5) is 11.9. The third-order valence-electron chi connectivity index (χ3n) is 3.75. The van der Waals surface area contributed by atoms with Gasteiger partial charge < -0.3 is 15.2 Å². The Labute approximate surface area is 146 Å². The molecule has 0 aliphatic carbocycles. The molecule has 0 aliphatic rings. The standard InChI is InChI=1S/C21H19NO3/c1-13(2)21(23)25-20-16-10-9-14(3)11-17(16)19(12-18(20)22)24-15-7-5-4-6-8-15/h4-12H,1,22H2,2-3H3. The van der Waals surface area contributed by atoms with Crippen molar-refractivity contribution in [3.8, 4) is 17.2 Å². The van der Waals surface area contributed by atoms with Crippen LogP contribution in [0.15, 0.2) is 66.7 Å². The summed E-state index contributed by atoms with van der Waals surface area (Å²) in [6.45, 7) is 7.19. The van der Waals surface area contributed by atoms with E-state index in [2.05, 4.69) is 6.58 Å². The van der Waals surface area contributed by atoms with Crippen LogP contribution in [0.25, 0.3) is 10.8 Å². The van der Waals surface area contributed by atoms with Gasteiger partial charge in [-0.3, -0.25) is 0 Å². The van der Waals surface area contributed by atoms with Crippen molar-refractivity contribution in [2.24, 2.45) is 0 Å². The molecule has 0 aromatic heterocycles. The zero-order chi connectivity index (χ0) is 18.0. The molecule has 0 radical (unpaired) electrons. The summed E-state index contributed by atoms with van der Waals surface area (Å²) in [5.74, 6) is 1.13. The minimum atomic E-state index is -0.509. The lowest BCUT2D eigenvalue weighted by Gasteiger charge is -2.15. The van der Waals surface area contributed by atoms with E-state index >= 15 is 0 Å². The van der Waals surface area contributed by atoms with Crippen LogP contribution >= 0.6 is 0 Å². The molecule has 4 heteroatoms. The van der Waals surface area contributed by atoms with Gasteiger partial charge in [0.15, 0.2) is 5.75 Å². The van der Waals surface area contributed by atoms with Crippen molar-refractivity contribution in [2.75, 3.05) is 5.73 Å². The second-order valence-electron chi connectivity index (χ2n) is 5.93. The first kappa shape index (κ1) is 16.6. The first-order valence-corrected chi connectivity index (χ1v) is 7.89. The largest absolute Gasteiger partial charge is 0.457 e. The van der Waals surface area contributed by atoms with Gasteiger partial charge in [0.25, 0.3) is 0 Å². The van der Waals surface area contributed by atoms with Crippen molar-refractivity contribution in [3.05, 3.63) is 72.3 Å². The highest BCUT2D eigenvalue weighted by molar-refractivity contribution is 6.01. The van der Waals surface area contributed by atoms with Crippen molar-refractivity contribution < 1.29 is 14.3 Å². The smallest absolute Gasteiger partial charge is 0.338 e. The number of esters is 1. The molecule has 0 unspecified atom stereocenters. The van der Waals surface area contributed by atoms with Gasteiger partial charge in [0.1, 0.15) is 11.5 Å². The highest BCUT2D eigenvalue weighted by Gasteiger charge is 2.16. The van der Waals surface area contributed by atoms with Crippen molar-refractivity contribution in [2.45, 2.75) is 13.8 Å². The van der Waals surface area contributed by atoms with E-state index < -0.39 is 5.97 Å². The lowest BCUT2D eigenvalue weighted by atomic mass is 10.0. The number of nitrogens with two attached hydrogens (primary N) is 1. The fourth-order valence-corrected chi connectivity index (χ4v) is 2.49. The molecule has 0 saturated heterocycles. The van der Waals surface area contributed by atoms with E-state index in [9.17, 15) is 4.79 Å². The highest BCUT2D eigenvalue weighted by atomic mass is 16.5. The molecule has 25 heavy (non-hydrogen) atoms. The molecule has 0 bridgehead atoms. The van der Waals surface area contributed by atoms with Crippen molar-refractivity contribution in [1.29, 1.82) is 0 Å². The van der Waals surface area contributed by atoms with Crippen LogP contribution in [0, 0.1) is 6.92 Å². The predicted octanol–water partition coefficient (Wildman–Crippen LogP) is 5.00. The zero-order valence-corrected chi connectivity index (χ0v) is 14.2. The van der Waals surface area contributed by atoms with Crippen LogP contribution in [0.1, 0.15) is 12.5 Å². The summed E-state index contributed by atoms with van der Waals surface area (Å²) in [6.07, 6.45) is 0. The lowest BCUT2D eigenvalue weighted by molar-refractivity contribution is -0.129. The van der Waals surface area contributed by atoms with E-state index in [4.69, 9.17) is 15.2 Å². The Balaban J connectivity index is 2.15. The third-order valence-corrected chi connectivity index (χ3v) is 3.75. The average Bonchev–Trinajstić information content (AvgIpc) is 2.59. The van der Waals surface area contributed by atoms with Crippen LogP contribution in [-0.4, -0.2) is 5.97 Å². The molecule has 126 valence electrons. The number of rotatable bonds is 4. The first-order chi connectivity index (χ1) is 12.0. The van der Waals surface area contributed by atoms with E-state index in [1.165, 1.54) is 0 Å². The molecular weight excluding hydrogens is 314 g/mol. The summed E-state index contributed by atoms with van der Waals surface area (Å²) < 4.78 is 11.4. The number of carbonyl (C=O) groups excluding carboxylic acids is 1. The molecular formula is C21H19NO3. The Morgan fingerprint density at radius 3 is 2.44 bits per heavy atom. The van der Waals surface area contributed by atoms with Gasteiger partial charge in [-0.1, -0.05) is 42.5 Å². The lowest BCUT2D eigenvalue weighted by Crippen LogP contribution is -2.10. The average molecular weight is 333 g/mol. The van der Waals surface area contributed by atoms with Crippen LogP contribution in [0.4, 0.5) is 5.69 Å². The van der Waals surface area contributed by atoms with E-state index in [1.807, 2.05) is 55.5 Å². The zero-order valence-electron chi connectivity index (χ0n) is 14.2. The van der Waals surface area contributed by atoms with Crippen LogP contribution in [-0.2, 0) is 4.79 Å². The monoisotopic (exact) mass is 333 g/mol. The third kappa shape index (κ3) is 3.48. The topological polar surface area (TPSA) is 61.5 Å². The van der Waals surface area contributed by atoms with E-state index in [0.717, 1.165) is 10.9 Å². The maximum atomic E-state index is 11.9. The molecule has 0 heterocycles. The number of hydrogen-bond acceptors (Lipinski definition) is 4. The molecule has 4 nitrogen and oxygen atoms in total. The van der Waals surface area contributed by atoms with Crippen LogP contribution < -0.4 is 15.2 Å². The van der Waals surface area contributed by atoms with Gasteiger partial charge in [-0.05, 0) is 32.0 Å². The van der Waals surface area contributed by atoms with Crippen LogP contribution in [0.3, 0.4) is 0 Å². The number of hydrogen-bond donors (Lipinski definition) is 1.